The molecule has 0 atom stereocenters. The number of fused-ring (bicyclic) bond motifs is 1. The van der Waals surface area contributed by atoms with Crippen molar-refractivity contribution in [3.05, 3.63) is 51.9 Å². The molecule has 1 aromatic carbocycles. The van der Waals surface area contributed by atoms with Gasteiger partial charge >= 0.3 is 0 Å². The standard InChI is InChI=1S/C13H7Br2N3/c14-11-5-12(15)18-13(17-11)10-7-16-6-8-3-1-2-4-9(8)10/h1-7H. The number of pyridine rings is 1. The zero-order chi connectivity index (χ0) is 12.5. The van der Waals surface area contributed by atoms with Crippen molar-refractivity contribution >= 4 is 42.6 Å². The zero-order valence-corrected chi connectivity index (χ0v) is 12.3. The lowest BCUT2D eigenvalue weighted by molar-refractivity contribution is 1.12. The highest BCUT2D eigenvalue weighted by Gasteiger charge is 2.08. The Morgan fingerprint density at radius 2 is 1.61 bits per heavy atom. The Bertz CT molecular complexity index is 703. The Morgan fingerprint density at radius 1 is 0.889 bits per heavy atom. The first-order valence-corrected chi connectivity index (χ1v) is 6.86. The summed E-state index contributed by atoms with van der Waals surface area (Å²) >= 11 is 6.75. The molecule has 0 fully saturated rings. The number of rotatable bonds is 1. The molecule has 88 valence electrons. The lowest BCUT2D eigenvalue weighted by Gasteiger charge is -2.05. The van der Waals surface area contributed by atoms with E-state index < -0.39 is 0 Å². The minimum atomic E-state index is 0.653. The Hall–Kier alpha value is -1.33. The van der Waals surface area contributed by atoms with Crippen LogP contribution in [0, 0.1) is 0 Å². The van der Waals surface area contributed by atoms with Crippen LogP contribution >= 0.6 is 31.9 Å². The highest BCUT2D eigenvalue weighted by molar-refractivity contribution is 9.11. The summed E-state index contributed by atoms with van der Waals surface area (Å²) < 4.78 is 1.49. The molecule has 0 unspecified atom stereocenters. The van der Waals surface area contributed by atoms with Gasteiger partial charge in [-0.15, -0.1) is 0 Å². The van der Waals surface area contributed by atoms with Crippen molar-refractivity contribution in [2.24, 2.45) is 0 Å². The summed E-state index contributed by atoms with van der Waals surface area (Å²) in [5.74, 6) is 0.653. The van der Waals surface area contributed by atoms with Crippen LogP contribution in [-0.2, 0) is 0 Å². The second-order valence-corrected chi connectivity index (χ2v) is 5.37. The second kappa shape index (κ2) is 4.74. The van der Waals surface area contributed by atoms with Crippen molar-refractivity contribution in [3.8, 4) is 11.4 Å². The van der Waals surface area contributed by atoms with Crippen molar-refractivity contribution in [1.29, 1.82) is 0 Å². The molecular weight excluding hydrogens is 358 g/mol. The van der Waals surface area contributed by atoms with E-state index in [2.05, 4.69) is 46.8 Å². The topological polar surface area (TPSA) is 38.7 Å². The van der Waals surface area contributed by atoms with E-state index in [9.17, 15) is 0 Å². The van der Waals surface area contributed by atoms with Crippen LogP contribution in [0.3, 0.4) is 0 Å². The maximum atomic E-state index is 4.39. The third kappa shape index (κ3) is 2.15. The van der Waals surface area contributed by atoms with Crippen molar-refractivity contribution in [3.63, 3.8) is 0 Å². The van der Waals surface area contributed by atoms with Crippen LogP contribution < -0.4 is 0 Å². The smallest absolute Gasteiger partial charge is 0.163 e. The summed E-state index contributed by atoms with van der Waals surface area (Å²) in [6.45, 7) is 0. The second-order valence-electron chi connectivity index (χ2n) is 3.75. The predicted molar refractivity (Wildman–Crippen MR) is 78.2 cm³/mol. The van der Waals surface area contributed by atoms with E-state index in [4.69, 9.17) is 0 Å². The fourth-order valence-electron chi connectivity index (χ4n) is 1.81. The van der Waals surface area contributed by atoms with Gasteiger partial charge < -0.3 is 0 Å². The molecule has 3 aromatic rings. The van der Waals surface area contributed by atoms with Gasteiger partial charge in [-0.3, -0.25) is 4.98 Å². The summed E-state index contributed by atoms with van der Waals surface area (Å²) in [6, 6.07) is 9.87. The van der Waals surface area contributed by atoms with Crippen LogP contribution in [0.15, 0.2) is 51.9 Å². The number of nitrogens with zero attached hydrogens (tertiary/aromatic N) is 3. The first-order chi connectivity index (χ1) is 8.74. The third-order valence-corrected chi connectivity index (χ3v) is 3.39. The van der Waals surface area contributed by atoms with E-state index in [1.165, 1.54) is 0 Å². The molecule has 18 heavy (non-hydrogen) atoms. The van der Waals surface area contributed by atoms with Crippen molar-refractivity contribution in [2.45, 2.75) is 0 Å². The largest absolute Gasteiger partial charge is 0.263 e. The lowest BCUT2D eigenvalue weighted by Crippen LogP contribution is -1.92. The molecular formula is C13H7Br2N3. The molecule has 0 radical (unpaired) electrons. The Labute approximate surface area is 121 Å². The SMILES string of the molecule is Brc1cc(Br)nc(-c2cncc3ccccc23)n1. The van der Waals surface area contributed by atoms with Crippen molar-refractivity contribution in [1.82, 2.24) is 15.0 Å². The molecule has 2 aromatic heterocycles. The molecule has 2 heterocycles. The van der Waals surface area contributed by atoms with Gasteiger partial charge in [-0.2, -0.15) is 0 Å². The Kier molecular flexibility index (Phi) is 3.09. The molecule has 0 bridgehead atoms. The molecule has 0 amide bonds. The van der Waals surface area contributed by atoms with Crippen molar-refractivity contribution < 1.29 is 0 Å². The lowest BCUT2D eigenvalue weighted by atomic mass is 10.1. The monoisotopic (exact) mass is 363 g/mol. The Morgan fingerprint density at radius 3 is 2.39 bits per heavy atom. The van der Waals surface area contributed by atoms with Crippen LogP contribution in [0.1, 0.15) is 0 Å². The van der Waals surface area contributed by atoms with Gasteiger partial charge in [0.2, 0.25) is 0 Å². The van der Waals surface area contributed by atoms with Crippen LogP contribution in [-0.4, -0.2) is 15.0 Å². The maximum Gasteiger partial charge on any atom is 0.163 e. The third-order valence-electron chi connectivity index (χ3n) is 2.57. The maximum absolute atomic E-state index is 4.39. The molecule has 0 spiro atoms. The van der Waals surface area contributed by atoms with Gasteiger partial charge in [0.15, 0.2) is 5.82 Å². The molecule has 3 rings (SSSR count). The van der Waals surface area contributed by atoms with Gasteiger partial charge in [0.05, 0.1) is 0 Å². The average Bonchev–Trinajstić information content (AvgIpc) is 2.37. The first-order valence-electron chi connectivity index (χ1n) is 5.27. The van der Waals surface area contributed by atoms with E-state index in [1.54, 1.807) is 6.20 Å². The van der Waals surface area contributed by atoms with Gasteiger partial charge in [0.1, 0.15) is 9.21 Å². The predicted octanol–water partition coefficient (Wildman–Crippen LogP) is 4.22. The summed E-state index contributed by atoms with van der Waals surface area (Å²) in [7, 11) is 0. The van der Waals surface area contributed by atoms with Crippen LogP contribution in [0.25, 0.3) is 22.2 Å². The van der Waals surface area contributed by atoms with Gasteiger partial charge in [0, 0.05) is 29.4 Å². The van der Waals surface area contributed by atoms with Gasteiger partial charge in [-0.1, -0.05) is 24.3 Å². The molecule has 0 saturated carbocycles. The molecule has 0 aliphatic carbocycles. The molecule has 0 saturated heterocycles. The molecule has 0 aliphatic rings. The van der Waals surface area contributed by atoms with Crippen molar-refractivity contribution in [2.75, 3.05) is 0 Å². The summed E-state index contributed by atoms with van der Waals surface area (Å²) in [4.78, 5) is 13.0. The fraction of sp³-hybridized carbons (Fsp3) is 0. The van der Waals surface area contributed by atoms with Gasteiger partial charge in [-0.25, -0.2) is 9.97 Å². The number of hydrogen-bond acceptors (Lipinski definition) is 3. The van der Waals surface area contributed by atoms with E-state index in [1.807, 2.05) is 36.5 Å². The van der Waals surface area contributed by atoms with E-state index in [0.717, 1.165) is 25.5 Å². The summed E-state index contributed by atoms with van der Waals surface area (Å²) in [5, 5.41) is 2.17. The number of aromatic nitrogens is 3. The zero-order valence-electron chi connectivity index (χ0n) is 9.14. The van der Waals surface area contributed by atoms with Crippen LogP contribution in [0.5, 0.6) is 0 Å². The van der Waals surface area contributed by atoms with Gasteiger partial charge in [-0.05, 0) is 37.2 Å². The van der Waals surface area contributed by atoms with Crippen LogP contribution in [0.2, 0.25) is 0 Å². The summed E-state index contributed by atoms with van der Waals surface area (Å²) in [6.07, 6.45) is 3.63. The Balaban J connectivity index is 2.31. The van der Waals surface area contributed by atoms with Crippen LogP contribution in [0.4, 0.5) is 0 Å². The molecule has 3 nitrogen and oxygen atoms in total. The minimum Gasteiger partial charge on any atom is -0.263 e. The molecule has 5 heteroatoms. The average molecular weight is 365 g/mol. The fourth-order valence-corrected chi connectivity index (χ4v) is 2.88. The number of halogens is 2. The quantitative estimate of drug-likeness (QED) is 0.607. The minimum absolute atomic E-state index is 0.653. The van der Waals surface area contributed by atoms with E-state index in [-0.39, 0.29) is 0 Å². The van der Waals surface area contributed by atoms with E-state index in [0.29, 0.717) is 5.82 Å². The molecule has 0 aliphatic heterocycles. The van der Waals surface area contributed by atoms with E-state index >= 15 is 0 Å². The number of hydrogen-bond donors (Lipinski definition) is 0. The van der Waals surface area contributed by atoms with Gasteiger partial charge in [0.25, 0.3) is 0 Å². The highest BCUT2D eigenvalue weighted by Crippen LogP contribution is 2.27. The summed E-state index contributed by atoms with van der Waals surface area (Å²) in [5.41, 5.74) is 0.926. The first kappa shape index (κ1) is 11.7. The number of benzene rings is 1. The normalized spacial score (nSPS) is 10.8. The molecule has 0 N–H and O–H groups in total. The highest BCUT2D eigenvalue weighted by atomic mass is 79.9.